The van der Waals surface area contributed by atoms with E-state index in [0.29, 0.717) is 0 Å². The summed E-state index contributed by atoms with van der Waals surface area (Å²) in [6.45, 7) is 1.96. The fourth-order valence-electron chi connectivity index (χ4n) is 2.13. The molecular weight excluding hydrogens is 287 g/mol. The molecule has 0 aromatic carbocycles. The quantitative estimate of drug-likeness (QED) is 0.814. The molecule has 0 saturated heterocycles. The van der Waals surface area contributed by atoms with Crippen molar-refractivity contribution in [1.82, 2.24) is 14.9 Å². The van der Waals surface area contributed by atoms with E-state index in [2.05, 4.69) is 10.3 Å². The fourth-order valence-corrected chi connectivity index (χ4v) is 2.13. The maximum atomic E-state index is 13.1. The highest BCUT2D eigenvalue weighted by molar-refractivity contribution is 6.03. The molecule has 0 atom stereocenters. The van der Waals surface area contributed by atoms with Crippen LogP contribution in [-0.2, 0) is 12.7 Å². The van der Waals surface area contributed by atoms with E-state index in [4.69, 9.17) is 4.52 Å². The first-order valence-corrected chi connectivity index (χ1v) is 6.55. The van der Waals surface area contributed by atoms with E-state index in [1.54, 1.807) is 6.92 Å². The van der Waals surface area contributed by atoms with Crippen molar-refractivity contribution in [3.63, 3.8) is 0 Å². The third kappa shape index (κ3) is 2.45. The maximum Gasteiger partial charge on any atom is 0.435 e. The standard InChI is InChI=1S/C13H12F3N3O2/c1-2-19-6-9(12(18-19)13(14,15)16)11-8(5-17-21-11)10(20)7-3-4-7/h5-7H,2-4H2,1H3. The molecule has 0 amide bonds. The minimum absolute atomic E-state index is 0.0960. The van der Waals surface area contributed by atoms with Gasteiger partial charge < -0.3 is 4.52 Å². The van der Waals surface area contributed by atoms with Crippen molar-refractivity contribution in [3.8, 4) is 11.3 Å². The zero-order valence-electron chi connectivity index (χ0n) is 11.1. The second-order valence-electron chi connectivity index (χ2n) is 4.95. The molecule has 0 unspecified atom stereocenters. The molecule has 8 heteroatoms. The van der Waals surface area contributed by atoms with Gasteiger partial charge >= 0.3 is 6.18 Å². The zero-order chi connectivity index (χ0) is 15.2. The van der Waals surface area contributed by atoms with Gasteiger partial charge in [0.15, 0.2) is 17.2 Å². The molecule has 0 N–H and O–H groups in total. The smallest absolute Gasteiger partial charge is 0.355 e. The zero-order valence-corrected chi connectivity index (χ0v) is 11.1. The number of rotatable bonds is 4. The number of Topliss-reactive ketones (excluding diaryl/α,β-unsaturated/α-hetero) is 1. The van der Waals surface area contributed by atoms with E-state index in [1.807, 2.05) is 0 Å². The van der Waals surface area contributed by atoms with Crippen molar-refractivity contribution in [1.29, 1.82) is 0 Å². The van der Waals surface area contributed by atoms with Crippen molar-refractivity contribution >= 4 is 5.78 Å². The van der Waals surface area contributed by atoms with E-state index in [9.17, 15) is 18.0 Å². The molecule has 2 heterocycles. The molecule has 21 heavy (non-hydrogen) atoms. The average molecular weight is 299 g/mol. The molecule has 2 aromatic heterocycles. The molecule has 5 nitrogen and oxygen atoms in total. The number of aromatic nitrogens is 3. The summed E-state index contributed by atoms with van der Waals surface area (Å²) in [5, 5.41) is 7.00. The van der Waals surface area contributed by atoms with Gasteiger partial charge in [0.05, 0.1) is 17.3 Å². The van der Waals surface area contributed by atoms with Gasteiger partial charge in [0, 0.05) is 18.7 Å². The topological polar surface area (TPSA) is 60.9 Å². The monoisotopic (exact) mass is 299 g/mol. The lowest BCUT2D eigenvalue weighted by Crippen LogP contribution is -2.09. The SMILES string of the molecule is CCn1cc(-c2oncc2C(=O)C2CC2)c(C(F)(F)F)n1. The molecule has 112 valence electrons. The third-order valence-corrected chi connectivity index (χ3v) is 3.38. The van der Waals surface area contributed by atoms with Crippen LogP contribution in [0.3, 0.4) is 0 Å². The second kappa shape index (κ2) is 4.71. The van der Waals surface area contributed by atoms with Gasteiger partial charge in [-0.15, -0.1) is 0 Å². The van der Waals surface area contributed by atoms with Gasteiger partial charge in [-0.05, 0) is 19.8 Å². The number of nitrogens with zero attached hydrogens (tertiary/aromatic N) is 3. The fraction of sp³-hybridized carbons (Fsp3) is 0.462. The van der Waals surface area contributed by atoms with Crippen LogP contribution in [-0.4, -0.2) is 20.7 Å². The summed E-state index contributed by atoms with van der Waals surface area (Å²) < 4.78 is 45.3. The first-order chi connectivity index (χ1) is 9.91. The first kappa shape index (κ1) is 13.8. The molecule has 0 radical (unpaired) electrons. The second-order valence-corrected chi connectivity index (χ2v) is 4.95. The number of hydrogen-bond donors (Lipinski definition) is 0. The Morgan fingerprint density at radius 3 is 2.76 bits per heavy atom. The molecular formula is C13H12F3N3O2. The first-order valence-electron chi connectivity index (χ1n) is 6.55. The summed E-state index contributed by atoms with van der Waals surface area (Å²) in [4.78, 5) is 12.1. The van der Waals surface area contributed by atoms with E-state index in [0.717, 1.165) is 17.5 Å². The van der Waals surface area contributed by atoms with Gasteiger partial charge in [-0.3, -0.25) is 9.48 Å². The van der Waals surface area contributed by atoms with Crippen LogP contribution in [0.25, 0.3) is 11.3 Å². The van der Waals surface area contributed by atoms with Crippen molar-refractivity contribution in [3.05, 3.63) is 23.7 Å². The van der Waals surface area contributed by atoms with Gasteiger partial charge in [0.25, 0.3) is 0 Å². The number of hydrogen-bond acceptors (Lipinski definition) is 4. The Morgan fingerprint density at radius 1 is 1.48 bits per heavy atom. The van der Waals surface area contributed by atoms with Gasteiger partial charge in [-0.25, -0.2) is 0 Å². The van der Waals surface area contributed by atoms with Crippen LogP contribution < -0.4 is 0 Å². The number of alkyl halides is 3. The molecule has 0 aliphatic heterocycles. The number of ketones is 1. The Balaban J connectivity index is 2.10. The normalized spacial score (nSPS) is 15.4. The van der Waals surface area contributed by atoms with Crippen LogP contribution >= 0.6 is 0 Å². The number of carbonyl (C=O) groups excluding carboxylic acids is 1. The lowest BCUT2D eigenvalue weighted by atomic mass is 10.0. The van der Waals surface area contributed by atoms with E-state index >= 15 is 0 Å². The van der Waals surface area contributed by atoms with Crippen molar-refractivity contribution < 1.29 is 22.5 Å². The van der Waals surface area contributed by atoms with Gasteiger partial charge in [-0.2, -0.15) is 18.3 Å². The molecule has 2 aromatic rings. The maximum absolute atomic E-state index is 13.1. The van der Waals surface area contributed by atoms with Gasteiger partial charge in [0.2, 0.25) is 0 Å². The van der Waals surface area contributed by atoms with Gasteiger partial charge in [-0.1, -0.05) is 5.16 Å². The molecule has 0 spiro atoms. The molecule has 1 aliphatic carbocycles. The van der Waals surface area contributed by atoms with E-state index in [-0.39, 0.29) is 35.1 Å². The van der Waals surface area contributed by atoms with Crippen molar-refractivity contribution in [2.24, 2.45) is 5.92 Å². The third-order valence-electron chi connectivity index (χ3n) is 3.38. The average Bonchev–Trinajstić information content (AvgIpc) is 3.00. The summed E-state index contributed by atoms with van der Waals surface area (Å²) in [6.07, 6.45) is -0.706. The molecule has 0 bridgehead atoms. The Labute approximate surface area is 117 Å². The van der Waals surface area contributed by atoms with Gasteiger partial charge in [0.1, 0.15) is 0 Å². The predicted molar refractivity (Wildman–Crippen MR) is 65.5 cm³/mol. The highest BCUT2D eigenvalue weighted by Gasteiger charge is 2.41. The number of carbonyl (C=O) groups is 1. The Morgan fingerprint density at radius 2 is 2.19 bits per heavy atom. The molecule has 3 rings (SSSR count). The van der Waals surface area contributed by atoms with Crippen LogP contribution in [0.4, 0.5) is 13.2 Å². The van der Waals surface area contributed by atoms with Crippen LogP contribution in [0.1, 0.15) is 35.8 Å². The largest absolute Gasteiger partial charge is 0.435 e. The van der Waals surface area contributed by atoms with Crippen LogP contribution in [0, 0.1) is 5.92 Å². The minimum atomic E-state index is -4.62. The van der Waals surface area contributed by atoms with E-state index < -0.39 is 11.9 Å². The summed E-state index contributed by atoms with van der Waals surface area (Å²) in [7, 11) is 0. The van der Waals surface area contributed by atoms with Crippen molar-refractivity contribution in [2.45, 2.75) is 32.5 Å². The number of halogens is 3. The number of aryl methyl sites for hydroxylation is 1. The lowest BCUT2D eigenvalue weighted by Gasteiger charge is -2.04. The van der Waals surface area contributed by atoms with Crippen molar-refractivity contribution in [2.75, 3.05) is 0 Å². The van der Waals surface area contributed by atoms with Crippen LogP contribution in [0.15, 0.2) is 16.9 Å². The Kier molecular flexibility index (Phi) is 3.11. The molecule has 1 aliphatic rings. The van der Waals surface area contributed by atoms with E-state index in [1.165, 1.54) is 12.4 Å². The highest BCUT2D eigenvalue weighted by Crippen LogP contribution is 2.40. The molecule has 1 saturated carbocycles. The summed E-state index contributed by atoms with van der Waals surface area (Å²) in [5.41, 5.74) is -1.21. The Bertz CT molecular complexity index is 683. The summed E-state index contributed by atoms with van der Waals surface area (Å²) in [5.74, 6) is -0.499. The predicted octanol–water partition coefficient (Wildman–Crippen LogP) is 3.17. The summed E-state index contributed by atoms with van der Waals surface area (Å²) in [6, 6.07) is 0. The highest BCUT2D eigenvalue weighted by atomic mass is 19.4. The summed E-state index contributed by atoms with van der Waals surface area (Å²) >= 11 is 0. The minimum Gasteiger partial charge on any atom is -0.355 e. The Hall–Kier alpha value is -2.12. The van der Waals surface area contributed by atoms with Crippen LogP contribution in [0.5, 0.6) is 0 Å². The van der Waals surface area contributed by atoms with Crippen LogP contribution in [0.2, 0.25) is 0 Å². The lowest BCUT2D eigenvalue weighted by molar-refractivity contribution is -0.141. The molecule has 1 fully saturated rings.